The van der Waals surface area contributed by atoms with Gasteiger partial charge in [0.05, 0.1) is 10.7 Å². The lowest BCUT2D eigenvalue weighted by Crippen LogP contribution is -2.50. The summed E-state index contributed by atoms with van der Waals surface area (Å²) >= 11 is 17.8. The van der Waals surface area contributed by atoms with Gasteiger partial charge in [-0.3, -0.25) is 14.9 Å². The topological polar surface area (TPSA) is 77.8 Å². The fraction of sp³-hybridized carbons (Fsp3) is 0.250. The zero-order valence-corrected chi connectivity index (χ0v) is 23.4. The maximum Gasteiger partial charge on any atom is 0.250 e. The van der Waals surface area contributed by atoms with Crippen molar-refractivity contribution in [1.29, 1.82) is 0 Å². The van der Waals surface area contributed by atoms with Gasteiger partial charge in [-0.05, 0) is 72.9 Å². The van der Waals surface area contributed by atoms with Gasteiger partial charge < -0.3 is 19.5 Å². The number of furan rings is 1. The molecule has 0 radical (unpaired) electrons. The van der Waals surface area contributed by atoms with Crippen LogP contribution in [0.25, 0.3) is 17.4 Å². The van der Waals surface area contributed by atoms with Crippen LogP contribution < -0.4 is 15.5 Å². The molecule has 0 saturated carbocycles. The molecule has 0 bridgehead atoms. The number of halogens is 2. The average molecular weight is 572 g/mol. The molecule has 198 valence electrons. The van der Waals surface area contributed by atoms with Gasteiger partial charge >= 0.3 is 0 Å². The lowest BCUT2D eigenvalue weighted by atomic mass is 10.1. The molecule has 0 unspecified atom stereocenters. The SMILES string of the molecule is CC(C)C(=O)N1CCN(c2ccc(NC(=S)NC(=O)C=Cc3ccc(-c4ccc(Cl)cc4)o3)cc2Cl)CC1. The molecule has 0 atom stereocenters. The first-order chi connectivity index (χ1) is 18.2. The molecule has 38 heavy (non-hydrogen) atoms. The van der Waals surface area contributed by atoms with Gasteiger partial charge in [-0.15, -0.1) is 0 Å². The number of carbonyl (C=O) groups excluding carboxylic acids is 2. The van der Waals surface area contributed by atoms with Gasteiger partial charge in [0.25, 0.3) is 0 Å². The monoisotopic (exact) mass is 570 g/mol. The van der Waals surface area contributed by atoms with E-state index in [1.165, 1.54) is 6.08 Å². The number of carbonyl (C=O) groups is 2. The molecule has 7 nitrogen and oxygen atoms in total. The Bertz CT molecular complexity index is 1350. The van der Waals surface area contributed by atoms with E-state index in [0.29, 0.717) is 53.4 Å². The van der Waals surface area contributed by atoms with E-state index in [1.807, 2.05) is 49.1 Å². The Morgan fingerprint density at radius 1 is 1.00 bits per heavy atom. The van der Waals surface area contributed by atoms with Crippen LogP contribution in [0.5, 0.6) is 0 Å². The number of nitrogens with zero attached hydrogens (tertiary/aromatic N) is 2. The number of rotatable bonds is 6. The molecule has 3 aromatic rings. The molecule has 1 saturated heterocycles. The summed E-state index contributed by atoms with van der Waals surface area (Å²) in [5.74, 6) is 0.968. The predicted octanol–water partition coefficient (Wildman–Crippen LogP) is 6.08. The molecule has 2 amide bonds. The third-order valence-electron chi connectivity index (χ3n) is 6.02. The van der Waals surface area contributed by atoms with Crippen LogP contribution in [-0.4, -0.2) is 48.0 Å². The number of piperazine rings is 1. The zero-order chi connectivity index (χ0) is 27.2. The van der Waals surface area contributed by atoms with Crippen molar-refractivity contribution in [1.82, 2.24) is 10.2 Å². The second-order valence-electron chi connectivity index (χ2n) is 9.12. The lowest BCUT2D eigenvalue weighted by molar-refractivity contribution is -0.134. The van der Waals surface area contributed by atoms with Crippen molar-refractivity contribution in [3.63, 3.8) is 0 Å². The average Bonchev–Trinajstić information content (AvgIpc) is 3.37. The number of hydrogen-bond acceptors (Lipinski definition) is 5. The normalized spacial score (nSPS) is 13.7. The molecule has 1 fully saturated rings. The zero-order valence-electron chi connectivity index (χ0n) is 21.0. The highest BCUT2D eigenvalue weighted by atomic mass is 35.5. The van der Waals surface area contributed by atoms with Gasteiger partial charge in [-0.1, -0.05) is 37.0 Å². The van der Waals surface area contributed by atoms with E-state index in [0.717, 1.165) is 11.3 Å². The smallest absolute Gasteiger partial charge is 0.250 e. The lowest BCUT2D eigenvalue weighted by Gasteiger charge is -2.37. The van der Waals surface area contributed by atoms with Crippen LogP contribution in [0.4, 0.5) is 11.4 Å². The van der Waals surface area contributed by atoms with E-state index in [-0.39, 0.29) is 16.9 Å². The quantitative estimate of drug-likeness (QED) is 0.276. The molecule has 2 heterocycles. The minimum absolute atomic E-state index is 0.00609. The largest absolute Gasteiger partial charge is 0.457 e. The number of benzene rings is 2. The summed E-state index contributed by atoms with van der Waals surface area (Å²) in [5, 5.41) is 6.94. The van der Waals surface area contributed by atoms with Crippen molar-refractivity contribution in [2.45, 2.75) is 13.8 Å². The standard InChI is InChI=1S/C28H28Cl2N4O3S/c1-18(2)27(36)34-15-13-33(14-16-34)24-10-7-21(17-23(24)30)31-28(38)32-26(35)12-9-22-8-11-25(37-22)19-3-5-20(29)6-4-19/h3-12,17-18H,13-16H2,1-2H3,(H2,31,32,35,38). The first-order valence-corrected chi connectivity index (χ1v) is 13.3. The summed E-state index contributed by atoms with van der Waals surface area (Å²) in [6.07, 6.45) is 2.91. The van der Waals surface area contributed by atoms with Crippen molar-refractivity contribution >= 4 is 69.8 Å². The first kappa shape index (κ1) is 27.7. The summed E-state index contributed by atoms with van der Waals surface area (Å²) in [6.45, 7) is 6.58. The second-order valence-corrected chi connectivity index (χ2v) is 10.4. The van der Waals surface area contributed by atoms with Gasteiger partial charge in [-0.25, -0.2) is 0 Å². The summed E-state index contributed by atoms with van der Waals surface area (Å²) in [5.41, 5.74) is 2.43. The summed E-state index contributed by atoms with van der Waals surface area (Å²) < 4.78 is 5.77. The van der Waals surface area contributed by atoms with Crippen LogP contribution in [0.3, 0.4) is 0 Å². The van der Waals surface area contributed by atoms with Crippen LogP contribution in [0.2, 0.25) is 10.0 Å². The number of anilines is 2. The van der Waals surface area contributed by atoms with E-state index in [2.05, 4.69) is 15.5 Å². The van der Waals surface area contributed by atoms with E-state index in [4.69, 9.17) is 39.8 Å². The van der Waals surface area contributed by atoms with Gasteiger partial charge in [0.2, 0.25) is 11.8 Å². The van der Waals surface area contributed by atoms with E-state index in [1.54, 1.807) is 30.3 Å². The van der Waals surface area contributed by atoms with Crippen LogP contribution in [0, 0.1) is 5.92 Å². The summed E-state index contributed by atoms with van der Waals surface area (Å²) in [7, 11) is 0. The highest BCUT2D eigenvalue weighted by molar-refractivity contribution is 7.80. The molecule has 10 heteroatoms. The summed E-state index contributed by atoms with van der Waals surface area (Å²) in [4.78, 5) is 28.6. The molecule has 1 aliphatic rings. The minimum atomic E-state index is -0.400. The van der Waals surface area contributed by atoms with Crippen molar-refractivity contribution in [3.05, 3.63) is 76.5 Å². The van der Waals surface area contributed by atoms with Crippen LogP contribution in [0.15, 0.2) is 65.1 Å². The molecule has 2 N–H and O–H groups in total. The van der Waals surface area contributed by atoms with E-state index >= 15 is 0 Å². The van der Waals surface area contributed by atoms with Crippen LogP contribution >= 0.6 is 35.4 Å². The molecular weight excluding hydrogens is 543 g/mol. The summed E-state index contributed by atoms with van der Waals surface area (Å²) in [6, 6.07) is 16.4. The Morgan fingerprint density at radius 2 is 1.71 bits per heavy atom. The number of amides is 2. The van der Waals surface area contributed by atoms with Gasteiger partial charge in [0, 0.05) is 54.4 Å². The van der Waals surface area contributed by atoms with Gasteiger partial charge in [0.1, 0.15) is 11.5 Å². The first-order valence-electron chi connectivity index (χ1n) is 12.2. The van der Waals surface area contributed by atoms with E-state index < -0.39 is 5.91 Å². The number of nitrogens with one attached hydrogen (secondary N) is 2. The fourth-order valence-corrected chi connectivity index (χ4v) is 4.70. The van der Waals surface area contributed by atoms with Crippen LogP contribution in [0.1, 0.15) is 19.6 Å². The van der Waals surface area contributed by atoms with Crippen molar-refractivity contribution in [2.75, 3.05) is 36.4 Å². The third kappa shape index (κ3) is 7.16. The van der Waals surface area contributed by atoms with Crippen molar-refractivity contribution in [2.24, 2.45) is 5.92 Å². The Hall–Kier alpha value is -3.33. The fourth-order valence-electron chi connectivity index (χ4n) is 4.06. The molecular formula is C28H28Cl2N4O3S. The molecule has 0 spiro atoms. The van der Waals surface area contributed by atoms with E-state index in [9.17, 15) is 9.59 Å². The minimum Gasteiger partial charge on any atom is -0.457 e. The highest BCUT2D eigenvalue weighted by Gasteiger charge is 2.24. The Balaban J connectivity index is 1.28. The van der Waals surface area contributed by atoms with Gasteiger partial charge in [-0.2, -0.15) is 0 Å². The number of hydrogen-bond donors (Lipinski definition) is 2. The van der Waals surface area contributed by atoms with Crippen LogP contribution in [-0.2, 0) is 9.59 Å². The van der Waals surface area contributed by atoms with Gasteiger partial charge in [0.15, 0.2) is 5.11 Å². The molecule has 0 aliphatic carbocycles. The Kier molecular flexibility index (Phi) is 9.09. The maximum absolute atomic E-state index is 12.3. The maximum atomic E-state index is 12.3. The second kappa shape index (κ2) is 12.5. The Labute approximate surface area is 237 Å². The third-order valence-corrected chi connectivity index (χ3v) is 6.78. The number of thiocarbonyl (C=S) groups is 1. The van der Waals surface area contributed by atoms with Crippen molar-refractivity contribution < 1.29 is 14.0 Å². The molecule has 1 aromatic heterocycles. The molecule has 1 aliphatic heterocycles. The molecule has 4 rings (SSSR count). The van der Waals surface area contributed by atoms with Crippen molar-refractivity contribution in [3.8, 4) is 11.3 Å². The highest BCUT2D eigenvalue weighted by Crippen LogP contribution is 2.30. The molecule has 2 aromatic carbocycles. The Morgan fingerprint density at radius 3 is 2.37 bits per heavy atom. The predicted molar refractivity (Wildman–Crippen MR) is 158 cm³/mol.